The summed E-state index contributed by atoms with van der Waals surface area (Å²) in [6.45, 7) is 12.8. The highest BCUT2D eigenvalue weighted by atomic mass is 19.1. The molecule has 2 aliphatic rings. The van der Waals surface area contributed by atoms with Gasteiger partial charge in [0, 0.05) is 37.4 Å². The Morgan fingerprint density at radius 3 is 2.56 bits per heavy atom. The number of pyridine rings is 2. The number of aromatic nitrogens is 4. The van der Waals surface area contributed by atoms with Crippen LogP contribution in [0.5, 0.6) is 5.75 Å². The summed E-state index contributed by atoms with van der Waals surface area (Å²) in [6.07, 6.45) is -0.379. The zero-order valence-electron chi connectivity index (χ0n) is 29.5. The first-order valence-corrected chi connectivity index (χ1v) is 17.1. The number of fused-ring (bicyclic) bond motifs is 5. The molecule has 2 bridgehead atoms. The second-order valence-electron chi connectivity index (χ2n) is 13.7. The van der Waals surface area contributed by atoms with Crippen molar-refractivity contribution in [3.05, 3.63) is 82.6 Å². The number of esters is 1. The zero-order chi connectivity index (χ0) is 37.6. The van der Waals surface area contributed by atoms with Crippen LogP contribution >= 0.6 is 0 Å². The number of aliphatic hydroxyl groups is 1. The van der Waals surface area contributed by atoms with Crippen LogP contribution in [0.15, 0.2) is 54.0 Å². The van der Waals surface area contributed by atoms with Gasteiger partial charge in [-0.15, -0.1) is 0 Å². The molecule has 5 heterocycles. The SMILES string of the molecule is C=CC(=O)N1CCN(c2nc(=O)n3c4nc(c(F)cc24)-c2c(F)cccc2OCC(O)C(OC(=O)[C@@H](N)C(C)C)c2ccnc(C(C)C)c2-3)[C@@H](C)C1. The van der Waals surface area contributed by atoms with Crippen LogP contribution in [0.25, 0.3) is 28.0 Å². The lowest BCUT2D eigenvalue weighted by Crippen LogP contribution is -2.54. The molecule has 4 atom stereocenters. The van der Waals surface area contributed by atoms with E-state index in [2.05, 4.69) is 21.5 Å². The van der Waals surface area contributed by atoms with Crippen LogP contribution in [0, 0.1) is 17.6 Å². The number of nitrogens with two attached hydrogens (primary N) is 1. The van der Waals surface area contributed by atoms with E-state index in [1.54, 1.807) is 23.6 Å². The molecule has 1 amide bonds. The lowest BCUT2D eigenvalue weighted by Gasteiger charge is -2.40. The first-order chi connectivity index (χ1) is 24.7. The van der Waals surface area contributed by atoms with Crippen molar-refractivity contribution < 1.29 is 33.0 Å². The molecule has 13 nitrogen and oxygen atoms in total. The first kappa shape index (κ1) is 36.5. The topological polar surface area (TPSA) is 166 Å². The van der Waals surface area contributed by atoms with Gasteiger partial charge < -0.3 is 30.1 Å². The van der Waals surface area contributed by atoms with Crippen LogP contribution < -0.4 is 21.1 Å². The van der Waals surface area contributed by atoms with E-state index in [4.69, 9.17) is 15.2 Å². The number of hydrogen-bond acceptors (Lipinski definition) is 11. The molecule has 3 aromatic heterocycles. The molecule has 2 unspecified atom stereocenters. The molecule has 6 rings (SSSR count). The molecule has 3 N–H and O–H groups in total. The standard InChI is InChI=1S/C37H41F2N7O6/c1-7-27(48)44-13-14-45(20(6)16-44)34-22-15-24(39)31-28-23(38)9-8-10-26(28)51-17-25(47)33(52-36(49)29(40)18(2)3)21-11-12-41-30(19(4)5)32(21)46(35(22)42-31)37(50)43-34/h7-12,15,18-20,25,29,33,47H,1,13-14,16-17,40H2,2-6H3/t20-,25?,29-,33?/m0/s1. The number of rotatable bonds is 6. The fourth-order valence-corrected chi connectivity index (χ4v) is 6.63. The van der Waals surface area contributed by atoms with Crippen molar-refractivity contribution in [3.8, 4) is 22.7 Å². The van der Waals surface area contributed by atoms with E-state index in [9.17, 15) is 19.5 Å². The maximum Gasteiger partial charge on any atom is 0.355 e. The summed E-state index contributed by atoms with van der Waals surface area (Å²) >= 11 is 0. The highest BCUT2D eigenvalue weighted by Gasteiger charge is 2.36. The Labute approximate surface area is 298 Å². The number of aliphatic hydroxyl groups excluding tert-OH is 1. The molecule has 15 heteroatoms. The molecule has 1 fully saturated rings. The predicted octanol–water partition coefficient (Wildman–Crippen LogP) is 3.79. The van der Waals surface area contributed by atoms with Gasteiger partial charge in [0.1, 0.15) is 41.8 Å². The Hall–Kier alpha value is -5.28. The number of amides is 1. The third-order valence-corrected chi connectivity index (χ3v) is 9.45. The van der Waals surface area contributed by atoms with Crippen LogP contribution in [-0.4, -0.2) is 85.8 Å². The summed E-state index contributed by atoms with van der Waals surface area (Å²) in [5, 5.41) is 11.8. The van der Waals surface area contributed by atoms with Crippen molar-refractivity contribution >= 4 is 28.7 Å². The van der Waals surface area contributed by atoms with Crippen molar-refractivity contribution in [3.63, 3.8) is 0 Å². The Morgan fingerprint density at radius 1 is 1.13 bits per heavy atom. The molecule has 0 spiro atoms. The lowest BCUT2D eigenvalue weighted by atomic mass is 9.97. The number of halogens is 2. The summed E-state index contributed by atoms with van der Waals surface area (Å²) in [5.74, 6) is -3.57. The number of piperazine rings is 1. The Morgan fingerprint density at radius 2 is 1.88 bits per heavy atom. The predicted molar refractivity (Wildman–Crippen MR) is 189 cm³/mol. The van der Waals surface area contributed by atoms with Crippen molar-refractivity contribution in [2.45, 2.75) is 64.8 Å². The van der Waals surface area contributed by atoms with E-state index in [0.29, 0.717) is 5.69 Å². The van der Waals surface area contributed by atoms with E-state index in [0.717, 1.165) is 16.7 Å². The summed E-state index contributed by atoms with van der Waals surface area (Å²) in [7, 11) is 0. The van der Waals surface area contributed by atoms with Gasteiger partial charge >= 0.3 is 11.7 Å². The second-order valence-corrected chi connectivity index (χ2v) is 13.7. The van der Waals surface area contributed by atoms with Gasteiger partial charge in [-0.2, -0.15) is 4.98 Å². The number of nitrogens with zero attached hydrogens (tertiary/aromatic N) is 6. The average molecular weight is 718 g/mol. The molecule has 2 aliphatic heterocycles. The van der Waals surface area contributed by atoms with Gasteiger partial charge in [-0.25, -0.2) is 23.1 Å². The molecule has 0 aliphatic carbocycles. The fourth-order valence-electron chi connectivity index (χ4n) is 6.63. The van der Waals surface area contributed by atoms with Crippen molar-refractivity contribution in [1.82, 2.24) is 24.4 Å². The monoisotopic (exact) mass is 717 g/mol. The highest BCUT2D eigenvalue weighted by Crippen LogP contribution is 2.40. The lowest BCUT2D eigenvalue weighted by molar-refractivity contribution is -0.159. The third kappa shape index (κ3) is 6.50. The molecule has 4 aromatic rings. The molecule has 52 heavy (non-hydrogen) atoms. The molecule has 0 radical (unpaired) electrons. The van der Waals surface area contributed by atoms with E-state index in [1.807, 2.05) is 20.8 Å². The van der Waals surface area contributed by atoms with Crippen LogP contribution in [-0.2, 0) is 14.3 Å². The number of carbonyl (C=O) groups excluding carboxylic acids is 2. The summed E-state index contributed by atoms with van der Waals surface area (Å²) in [6, 6.07) is 5.08. The molecule has 274 valence electrons. The van der Waals surface area contributed by atoms with Gasteiger partial charge in [-0.05, 0) is 49.1 Å². The average Bonchev–Trinajstić information content (AvgIpc) is 3.11. The van der Waals surface area contributed by atoms with Crippen molar-refractivity contribution in [2.75, 3.05) is 31.1 Å². The van der Waals surface area contributed by atoms with Gasteiger partial charge in [0.25, 0.3) is 0 Å². The Balaban J connectivity index is 1.70. The minimum Gasteiger partial charge on any atom is -0.490 e. The third-order valence-electron chi connectivity index (χ3n) is 9.45. The van der Waals surface area contributed by atoms with Crippen LogP contribution in [0.1, 0.15) is 57.9 Å². The van der Waals surface area contributed by atoms with Gasteiger partial charge in [0.05, 0.1) is 22.3 Å². The number of benzene rings is 1. The number of hydrogen-bond donors (Lipinski definition) is 2. The summed E-state index contributed by atoms with van der Waals surface area (Å²) in [5.41, 5.74) is 5.02. The van der Waals surface area contributed by atoms with Crippen LogP contribution in [0.4, 0.5) is 14.6 Å². The van der Waals surface area contributed by atoms with Gasteiger partial charge in [0.2, 0.25) is 5.91 Å². The van der Waals surface area contributed by atoms with E-state index in [-0.39, 0.29) is 82.8 Å². The van der Waals surface area contributed by atoms with Crippen molar-refractivity contribution in [2.24, 2.45) is 11.7 Å². The minimum absolute atomic E-state index is 0.0929. The van der Waals surface area contributed by atoms with Gasteiger partial charge in [0.15, 0.2) is 17.6 Å². The second kappa shape index (κ2) is 14.4. The quantitative estimate of drug-likeness (QED) is 0.220. The minimum atomic E-state index is -1.59. The maximum absolute atomic E-state index is 16.4. The number of carbonyl (C=O) groups is 2. The normalized spacial score (nSPS) is 19.4. The highest BCUT2D eigenvalue weighted by molar-refractivity contribution is 5.92. The maximum atomic E-state index is 16.4. The van der Waals surface area contributed by atoms with Gasteiger partial charge in [-0.3, -0.25) is 14.6 Å². The smallest absolute Gasteiger partial charge is 0.355 e. The number of anilines is 1. The fraction of sp³-hybridized carbons (Fsp3) is 0.405. The Kier molecular flexibility index (Phi) is 10.1. The van der Waals surface area contributed by atoms with Crippen molar-refractivity contribution in [1.29, 1.82) is 0 Å². The molecule has 0 saturated carbocycles. The van der Waals surface area contributed by atoms with E-state index >= 15 is 8.78 Å². The molecule has 1 saturated heterocycles. The molecular weight excluding hydrogens is 676 g/mol. The molecular formula is C37H41F2N7O6. The van der Waals surface area contributed by atoms with Crippen LogP contribution in [0.2, 0.25) is 0 Å². The first-order valence-electron chi connectivity index (χ1n) is 17.1. The van der Waals surface area contributed by atoms with E-state index < -0.39 is 53.8 Å². The molecule has 1 aromatic carbocycles. The summed E-state index contributed by atoms with van der Waals surface area (Å²) in [4.78, 5) is 57.4. The Bertz CT molecular complexity index is 2120. The number of ether oxygens (including phenoxy) is 2. The van der Waals surface area contributed by atoms with Crippen LogP contribution in [0.3, 0.4) is 0 Å². The van der Waals surface area contributed by atoms with E-state index in [1.165, 1.54) is 30.5 Å². The largest absolute Gasteiger partial charge is 0.490 e. The van der Waals surface area contributed by atoms with Gasteiger partial charge in [-0.1, -0.05) is 40.3 Å². The summed E-state index contributed by atoms with van der Waals surface area (Å²) < 4.78 is 45.1. The zero-order valence-corrected chi connectivity index (χ0v) is 29.5.